The fraction of sp³-hybridized carbons (Fsp3) is 0.529. The van der Waals surface area contributed by atoms with Gasteiger partial charge in [-0.15, -0.1) is 0 Å². The zero-order chi connectivity index (χ0) is 16.5. The lowest BCUT2D eigenvalue weighted by Crippen LogP contribution is -2.40. The van der Waals surface area contributed by atoms with Crippen molar-refractivity contribution in [3.8, 4) is 5.75 Å². The first-order valence-electron chi connectivity index (χ1n) is 7.93. The Hall–Kier alpha value is -2.08. The largest absolute Gasteiger partial charge is 0.491 e. The van der Waals surface area contributed by atoms with Crippen molar-refractivity contribution in [3.63, 3.8) is 0 Å². The van der Waals surface area contributed by atoms with Crippen LogP contribution in [0.4, 0.5) is 0 Å². The Morgan fingerprint density at radius 1 is 1.09 bits per heavy atom. The lowest BCUT2D eigenvalue weighted by atomic mass is 9.86. The second-order valence-corrected chi connectivity index (χ2v) is 5.67. The van der Waals surface area contributed by atoms with E-state index in [1.54, 1.807) is 0 Å². The quantitative estimate of drug-likeness (QED) is 0.714. The molecule has 0 radical (unpaired) electrons. The van der Waals surface area contributed by atoms with Crippen molar-refractivity contribution < 1.29 is 24.2 Å². The van der Waals surface area contributed by atoms with Crippen LogP contribution in [0.15, 0.2) is 30.3 Å². The van der Waals surface area contributed by atoms with Gasteiger partial charge < -0.3 is 19.9 Å². The average molecular weight is 321 g/mol. The molecule has 0 bridgehead atoms. The lowest BCUT2D eigenvalue weighted by Gasteiger charge is -2.26. The van der Waals surface area contributed by atoms with Crippen LogP contribution in [0.2, 0.25) is 0 Å². The second kappa shape index (κ2) is 9.15. The van der Waals surface area contributed by atoms with Crippen LogP contribution in [0.5, 0.6) is 5.75 Å². The third kappa shape index (κ3) is 6.28. The van der Waals surface area contributed by atoms with Gasteiger partial charge in [0.25, 0.3) is 0 Å². The molecule has 1 aromatic carbocycles. The van der Waals surface area contributed by atoms with Gasteiger partial charge in [-0.25, -0.2) is 0 Å². The monoisotopic (exact) mass is 321 g/mol. The number of hydrogen-bond donors (Lipinski definition) is 2. The Kier molecular flexibility index (Phi) is 6.87. The number of carboxylic acids is 1. The predicted octanol–water partition coefficient (Wildman–Crippen LogP) is 1.84. The SMILES string of the molecule is O=C(COCCOc1ccccc1)NC1CCC(C(=O)O)CC1. The number of rotatable bonds is 8. The first-order valence-corrected chi connectivity index (χ1v) is 7.93. The summed E-state index contributed by atoms with van der Waals surface area (Å²) < 4.78 is 10.7. The Labute approximate surface area is 135 Å². The van der Waals surface area contributed by atoms with Gasteiger partial charge in [0.05, 0.1) is 12.5 Å². The molecule has 126 valence electrons. The van der Waals surface area contributed by atoms with Gasteiger partial charge in [0.15, 0.2) is 0 Å². The zero-order valence-corrected chi connectivity index (χ0v) is 13.1. The maximum atomic E-state index is 11.8. The molecule has 0 unspecified atom stereocenters. The highest BCUT2D eigenvalue weighted by Gasteiger charge is 2.26. The molecule has 0 saturated heterocycles. The molecular formula is C17H23NO5. The van der Waals surface area contributed by atoms with Gasteiger partial charge in [-0.1, -0.05) is 18.2 Å². The first kappa shape index (κ1) is 17.3. The summed E-state index contributed by atoms with van der Waals surface area (Å²) in [7, 11) is 0. The minimum absolute atomic E-state index is 0.00297. The van der Waals surface area contributed by atoms with Crippen LogP contribution in [-0.4, -0.2) is 42.8 Å². The van der Waals surface area contributed by atoms with Gasteiger partial charge in [-0.2, -0.15) is 0 Å². The standard InChI is InChI=1S/C17H23NO5/c19-16(18-14-8-6-13(7-9-14)17(20)21)12-22-10-11-23-15-4-2-1-3-5-15/h1-5,13-14H,6-12H2,(H,18,19)(H,20,21). The van der Waals surface area contributed by atoms with Gasteiger partial charge in [-0.3, -0.25) is 9.59 Å². The number of para-hydroxylation sites is 1. The highest BCUT2D eigenvalue weighted by molar-refractivity contribution is 5.77. The fourth-order valence-corrected chi connectivity index (χ4v) is 2.65. The van der Waals surface area contributed by atoms with Crippen molar-refractivity contribution in [2.24, 2.45) is 5.92 Å². The van der Waals surface area contributed by atoms with E-state index >= 15 is 0 Å². The van der Waals surface area contributed by atoms with Crippen molar-refractivity contribution in [2.45, 2.75) is 31.7 Å². The summed E-state index contributed by atoms with van der Waals surface area (Å²) in [5.74, 6) is -0.398. The molecule has 2 N–H and O–H groups in total. The summed E-state index contributed by atoms with van der Waals surface area (Å²) in [5, 5.41) is 11.8. The highest BCUT2D eigenvalue weighted by Crippen LogP contribution is 2.24. The molecule has 1 aliphatic rings. The highest BCUT2D eigenvalue weighted by atomic mass is 16.5. The number of aliphatic carboxylic acids is 1. The number of ether oxygens (including phenoxy) is 2. The predicted molar refractivity (Wildman–Crippen MR) is 84.3 cm³/mol. The third-order valence-electron chi connectivity index (χ3n) is 3.91. The van der Waals surface area contributed by atoms with Crippen molar-refractivity contribution in [2.75, 3.05) is 19.8 Å². The van der Waals surface area contributed by atoms with Crippen LogP contribution >= 0.6 is 0 Å². The minimum atomic E-state index is -0.739. The molecule has 0 aliphatic heterocycles. The molecule has 0 heterocycles. The molecular weight excluding hydrogens is 298 g/mol. The molecule has 2 rings (SSSR count). The Balaban J connectivity index is 1.53. The topological polar surface area (TPSA) is 84.9 Å². The smallest absolute Gasteiger partial charge is 0.306 e. The Morgan fingerprint density at radius 3 is 2.43 bits per heavy atom. The molecule has 1 amide bonds. The number of carbonyl (C=O) groups is 2. The number of amides is 1. The van der Waals surface area contributed by atoms with E-state index in [1.807, 2.05) is 30.3 Å². The minimum Gasteiger partial charge on any atom is -0.491 e. The summed E-state index contributed by atoms with van der Waals surface area (Å²) in [6.45, 7) is 0.728. The molecule has 1 saturated carbocycles. The van der Waals surface area contributed by atoms with E-state index in [1.165, 1.54) is 0 Å². The summed E-state index contributed by atoms with van der Waals surface area (Å²) >= 11 is 0. The van der Waals surface area contributed by atoms with E-state index in [9.17, 15) is 9.59 Å². The van der Waals surface area contributed by atoms with Crippen molar-refractivity contribution in [1.82, 2.24) is 5.32 Å². The normalized spacial score (nSPS) is 20.7. The first-order chi connectivity index (χ1) is 11.1. The second-order valence-electron chi connectivity index (χ2n) is 5.67. The molecule has 1 aromatic rings. The van der Waals surface area contributed by atoms with E-state index in [0.29, 0.717) is 38.9 Å². The summed E-state index contributed by atoms with van der Waals surface area (Å²) in [5.41, 5.74) is 0. The fourth-order valence-electron chi connectivity index (χ4n) is 2.65. The molecule has 1 fully saturated rings. The average Bonchev–Trinajstić information content (AvgIpc) is 2.56. The van der Waals surface area contributed by atoms with Gasteiger partial charge in [0.1, 0.15) is 19.0 Å². The summed E-state index contributed by atoms with van der Waals surface area (Å²) in [6.07, 6.45) is 2.65. The van der Waals surface area contributed by atoms with Crippen molar-refractivity contribution in [1.29, 1.82) is 0 Å². The Bertz CT molecular complexity index is 497. The number of benzene rings is 1. The van der Waals surface area contributed by atoms with E-state index in [-0.39, 0.29) is 24.5 Å². The molecule has 6 heteroatoms. The molecule has 0 aromatic heterocycles. The van der Waals surface area contributed by atoms with Crippen LogP contribution in [0.3, 0.4) is 0 Å². The lowest BCUT2D eigenvalue weighted by molar-refractivity contribution is -0.142. The maximum Gasteiger partial charge on any atom is 0.306 e. The van der Waals surface area contributed by atoms with Crippen LogP contribution in [0.25, 0.3) is 0 Å². The van der Waals surface area contributed by atoms with Crippen LogP contribution < -0.4 is 10.1 Å². The van der Waals surface area contributed by atoms with E-state index in [0.717, 1.165) is 5.75 Å². The number of carbonyl (C=O) groups excluding carboxylic acids is 1. The van der Waals surface area contributed by atoms with Crippen molar-refractivity contribution in [3.05, 3.63) is 30.3 Å². The van der Waals surface area contributed by atoms with Gasteiger partial charge in [0, 0.05) is 6.04 Å². The molecule has 23 heavy (non-hydrogen) atoms. The molecule has 1 aliphatic carbocycles. The number of nitrogens with one attached hydrogen (secondary N) is 1. The summed E-state index contributed by atoms with van der Waals surface area (Å²) in [4.78, 5) is 22.6. The molecule has 6 nitrogen and oxygen atoms in total. The van der Waals surface area contributed by atoms with Crippen LogP contribution in [0.1, 0.15) is 25.7 Å². The van der Waals surface area contributed by atoms with Crippen molar-refractivity contribution >= 4 is 11.9 Å². The molecule has 0 atom stereocenters. The van der Waals surface area contributed by atoms with Gasteiger partial charge in [-0.05, 0) is 37.8 Å². The third-order valence-corrected chi connectivity index (χ3v) is 3.91. The van der Waals surface area contributed by atoms with Crippen LogP contribution in [-0.2, 0) is 14.3 Å². The van der Waals surface area contributed by atoms with Gasteiger partial charge in [0.2, 0.25) is 5.91 Å². The number of carboxylic acid groups (broad SMARTS) is 1. The zero-order valence-electron chi connectivity index (χ0n) is 13.1. The van der Waals surface area contributed by atoms with E-state index in [2.05, 4.69) is 5.32 Å². The van der Waals surface area contributed by atoms with Crippen LogP contribution in [0, 0.1) is 5.92 Å². The van der Waals surface area contributed by atoms with E-state index in [4.69, 9.17) is 14.6 Å². The maximum absolute atomic E-state index is 11.8. The molecule has 0 spiro atoms. The summed E-state index contributed by atoms with van der Waals surface area (Å²) in [6, 6.07) is 9.48. The van der Waals surface area contributed by atoms with E-state index < -0.39 is 5.97 Å². The van der Waals surface area contributed by atoms with Gasteiger partial charge >= 0.3 is 5.97 Å². The number of hydrogen-bond acceptors (Lipinski definition) is 4. The Morgan fingerprint density at radius 2 is 1.78 bits per heavy atom.